The smallest absolute Gasteiger partial charge is 0.410 e. The van der Waals surface area contributed by atoms with Crippen molar-refractivity contribution in [3.05, 3.63) is 60.8 Å². The third kappa shape index (κ3) is 4.26. The zero-order valence-corrected chi connectivity index (χ0v) is 19.2. The van der Waals surface area contributed by atoms with Crippen LogP contribution < -0.4 is 26.4 Å². The van der Waals surface area contributed by atoms with Crippen LogP contribution in [0.25, 0.3) is 22.2 Å². The quantitative estimate of drug-likeness (QED) is 0.342. The van der Waals surface area contributed by atoms with Crippen molar-refractivity contribution >= 4 is 38.1 Å². The highest BCUT2D eigenvalue weighted by Crippen LogP contribution is 2.38. The number of hydrogen-bond donors (Lipinski definition) is 1. The number of hydrogen-bond acceptors (Lipinski definition) is 4. The number of aromatic nitrogens is 2. The molecule has 0 saturated heterocycles. The van der Waals surface area contributed by atoms with E-state index in [9.17, 15) is 0 Å². The Labute approximate surface area is 185 Å². The number of anilines is 1. The molecule has 0 radical (unpaired) electrons. The van der Waals surface area contributed by atoms with E-state index in [2.05, 4.69) is 59.3 Å². The Bertz CT molecular complexity index is 1110. The van der Waals surface area contributed by atoms with Gasteiger partial charge in [0.2, 0.25) is 0 Å². The van der Waals surface area contributed by atoms with E-state index in [-0.39, 0.29) is 17.0 Å². The second-order valence-electron chi connectivity index (χ2n) is 6.60. The van der Waals surface area contributed by atoms with Crippen LogP contribution in [0.15, 0.2) is 71.0 Å². The van der Waals surface area contributed by atoms with Gasteiger partial charge in [-0.2, -0.15) is 0 Å². The summed E-state index contributed by atoms with van der Waals surface area (Å²) in [6, 6.07) is 18.5. The Hall–Kier alpha value is -2.51. The number of halogens is 1. The van der Waals surface area contributed by atoms with E-state index in [4.69, 9.17) is 5.11 Å². The lowest BCUT2D eigenvalue weighted by molar-refractivity contribution is -0.653. The van der Waals surface area contributed by atoms with Gasteiger partial charge in [-0.3, -0.25) is 0 Å². The average Bonchev–Trinajstić information content (AvgIpc) is 3.28. The van der Waals surface area contributed by atoms with Crippen LogP contribution in [0.4, 0.5) is 15.8 Å². The molecule has 0 aliphatic heterocycles. The summed E-state index contributed by atoms with van der Waals surface area (Å²) in [6.45, 7) is 6.30. The van der Waals surface area contributed by atoms with Gasteiger partial charge in [-0.1, -0.05) is 48.5 Å². The molecule has 2 aromatic carbocycles. The van der Waals surface area contributed by atoms with Crippen LogP contribution in [0.5, 0.6) is 0 Å². The predicted molar refractivity (Wildman–Crippen MR) is 117 cm³/mol. The van der Waals surface area contributed by atoms with Crippen LogP contribution >= 0.6 is 11.3 Å². The predicted octanol–water partition coefficient (Wildman–Crippen LogP) is 2.99. The Balaban J connectivity index is 0.00000240. The number of aryl methyl sites for hydroxylation is 1. The number of rotatable bonds is 6. The van der Waals surface area contributed by atoms with Gasteiger partial charge in [0.05, 0.1) is 17.9 Å². The molecule has 4 rings (SSSR count). The van der Waals surface area contributed by atoms with Gasteiger partial charge in [0.1, 0.15) is 16.9 Å². The first kappa shape index (κ1) is 21.2. The van der Waals surface area contributed by atoms with Gasteiger partial charge in [-0.25, -0.2) is 4.57 Å². The first-order valence-electron chi connectivity index (χ1n) is 9.53. The van der Waals surface area contributed by atoms with Crippen molar-refractivity contribution in [2.24, 2.45) is 17.3 Å². The fourth-order valence-electron chi connectivity index (χ4n) is 3.32. The fraction of sp³-hybridized carbons (Fsp3) is 0.227. The highest BCUT2D eigenvalue weighted by atomic mass is 79.9. The Kier molecular flexibility index (Phi) is 6.82. The highest BCUT2D eigenvalue weighted by molar-refractivity contribution is 7.18. The van der Waals surface area contributed by atoms with E-state index in [0.29, 0.717) is 0 Å². The van der Waals surface area contributed by atoms with E-state index in [1.54, 1.807) is 11.3 Å². The molecule has 0 atom stereocenters. The molecule has 5 nitrogen and oxygen atoms in total. The number of nitrogens with one attached hydrogen (secondary N) is 1. The number of nitrogens with zero attached hydrogens (tertiary/aromatic N) is 4. The fourth-order valence-corrected chi connectivity index (χ4v) is 4.39. The standard InChI is InChI=1S/C22H23N5S.BrH/c1-4-27(5-2)19-15-26(3)22(28-19)25-24-21-17-13-9-10-14-18(17)23-20(21)16-11-7-6-8-12-16;/h6-15H,4-5H2,1-3H3;1H. The maximum atomic E-state index is 4.69. The van der Waals surface area contributed by atoms with Gasteiger partial charge in [-0.15, -0.1) is 0 Å². The number of para-hydroxylation sites is 1. The molecule has 0 amide bonds. The van der Waals surface area contributed by atoms with Crippen LogP contribution in [0.3, 0.4) is 0 Å². The number of benzene rings is 2. The summed E-state index contributed by atoms with van der Waals surface area (Å²) >= 11 is 1.66. The van der Waals surface area contributed by atoms with Crippen LogP contribution in [0.1, 0.15) is 13.8 Å². The topological polar surface area (TPSA) is 47.6 Å². The van der Waals surface area contributed by atoms with Crippen molar-refractivity contribution in [3.63, 3.8) is 0 Å². The molecule has 29 heavy (non-hydrogen) atoms. The summed E-state index contributed by atoms with van der Waals surface area (Å²) in [5.41, 5.74) is 4.04. The van der Waals surface area contributed by atoms with Crippen molar-refractivity contribution in [1.29, 1.82) is 0 Å². The Morgan fingerprint density at radius 2 is 1.66 bits per heavy atom. The van der Waals surface area contributed by atoms with Gasteiger partial charge in [-0.05, 0) is 36.4 Å². The average molecular weight is 470 g/mol. The van der Waals surface area contributed by atoms with Crippen molar-refractivity contribution in [2.75, 3.05) is 18.0 Å². The summed E-state index contributed by atoms with van der Waals surface area (Å²) in [4.78, 5) is 5.83. The maximum Gasteiger partial charge on any atom is 0.410 e. The molecule has 7 heteroatoms. The SMILES string of the molecule is CCN(CC)c1c[n+](C)c(N=Nc2c(-c3ccccc3)[nH]c3ccccc23)s1.[Br-]. The summed E-state index contributed by atoms with van der Waals surface area (Å²) in [6.07, 6.45) is 2.12. The summed E-state index contributed by atoms with van der Waals surface area (Å²) in [5.74, 6) is 0. The third-order valence-electron chi connectivity index (χ3n) is 4.85. The van der Waals surface area contributed by atoms with Crippen molar-refractivity contribution in [1.82, 2.24) is 4.98 Å². The summed E-state index contributed by atoms with van der Waals surface area (Å²) < 4.78 is 2.04. The largest absolute Gasteiger partial charge is 1.00 e. The molecule has 0 unspecified atom stereocenters. The summed E-state index contributed by atoms with van der Waals surface area (Å²) in [7, 11) is 2.02. The number of azo groups is 1. The van der Waals surface area contributed by atoms with Crippen molar-refractivity contribution in [2.45, 2.75) is 13.8 Å². The molecule has 0 saturated carbocycles. The molecular weight excluding hydrogens is 446 g/mol. The van der Waals surface area contributed by atoms with E-state index in [1.165, 1.54) is 5.00 Å². The molecular formula is C22H24BrN5S. The first-order valence-corrected chi connectivity index (χ1v) is 10.3. The van der Waals surface area contributed by atoms with Crippen LogP contribution in [0, 0.1) is 0 Å². The van der Waals surface area contributed by atoms with Crippen LogP contribution in [-0.2, 0) is 7.05 Å². The number of H-pyrrole nitrogens is 1. The molecule has 0 fully saturated rings. The number of aromatic amines is 1. The number of fused-ring (bicyclic) bond motifs is 1. The second kappa shape index (κ2) is 9.33. The third-order valence-corrected chi connectivity index (χ3v) is 5.98. The van der Waals surface area contributed by atoms with E-state index < -0.39 is 0 Å². The van der Waals surface area contributed by atoms with Gasteiger partial charge >= 0.3 is 5.13 Å². The molecule has 0 spiro atoms. The van der Waals surface area contributed by atoms with E-state index in [1.807, 2.05) is 41.9 Å². The van der Waals surface area contributed by atoms with Crippen molar-refractivity contribution < 1.29 is 21.5 Å². The molecule has 0 aliphatic carbocycles. The highest BCUT2D eigenvalue weighted by Gasteiger charge is 2.19. The molecule has 4 aromatic rings. The molecule has 0 bridgehead atoms. The minimum absolute atomic E-state index is 0. The normalized spacial score (nSPS) is 11.1. The lowest BCUT2D eigenvalue weighted by Crippen LogP contribution is -3.00. The first-order chi connectivity index (χ1) is 13.7. The van der Waals surface area contributed by atoms with Crippen LogP contribution in [-0.4, -0.2) is 18.1 Å². The van der Waals surface area contributed by atoms with E-state index in [0.717, 1.165) is 46.1 Å². The second-order valence-corrected chi connectivity index (χ2v) is 7.58. The van der Waals surface area contributed by atoms with E-state index >= 15 is 0 Å². The van der Waals surface area contributed by atoms with Crippen molar-refractivity contribution in [3.8, 4) is 11.3 Å². The Morgan fingerprint density at radius 1 is 0.966 bits per heavy atom. The minimum Gasteiger partial charge on any atom is -1.00 e. The molecule has 1 N–H and O–H groups in total. The number of thiazole rings is 1. The molecule has 0 aliphatic rings. The van der Waals surface area contributed by atoms with Crippen LogP contribution in [0.2, 0.25) is 0 Å². The molecule has 2 aromatic heterocycles. The lowest BCUT2D eigenvalue weighted by Gasteiger charge is -2.16. The molecule has 150 valence electrons. The minimum atomic E-state index is 0. The zero-order valence-electron chi connectivity index (χ0n) is 16.8. The van der Waals surface area contributed by atoms with Gasteiger partial charge in [0.25, 0.3) is 0 Å². The van der Waals surface area contributed by atoms with Gasteiger partial charge < -0.3 is 26.9 Å². The lowest BCUT2D eigenvalue weighted by atomic mass is 10.1. The van der Waals surface area contributed by atoms with Gasteiger partial charge in [0.15, 0.2) is 0 Å². The molecule has 2 heterocycles. The zero-order chi connectivity index (χ0) is 19.5. The van der Waals surface area contributed by atoms with Gasteiger partial charge in [0, 0.05) is 29.6 Å². The maximum absolute atomic E-state index is 4.69. The Morgan fingerprint density at radius 3 is 2.38 bits per heavy atom. The summed E-state index contributed by atoms with van der Waals surface area (Å²) in [5, 5.41) is 12.5. The monoisotopic (exact) mass is 469 g/mol.